The van der Waals surface area contributed by atoms with Crippen molar-refractivity contribution >= 4 is 17.1 Å². The number of ether oxygens (including phenoxy) is 1. The van der Waals surface area contributed by atoms with E-state index in [1.807, 2.05) is 0 Å². The maximum atomic E-state index is 11.9. The lowest BCUT2D eigenvalue weighted by atomic mass is 10.1. The van der Waals surface area contributed by atoms with Crippen molar-refractivity contribution in [1.29, 1.82) is 0 Å². The number of ketones is 1. The minimum atomic E-state index is -0.0739. The fourth-order valence-corrected chi connectivity index (χ4v) is 1.77. The molecule has 1 aromatic heterocycles. The molecule has 0 saturated carbocycles. The third-order valence-electron chi connectivity index (χ3n) is 2.00. The molecule has 76 valence electrons. The fourth-order valence-electron chi connectivity index (χ4n) is 1.24. The lowest BCUT2D eigenvalue weighted by Crippen LogP contribution is -2.01. The average molecular weight is 219 g/mol. The normalized spacial score (nSPS) is 9.93. The molecule has 0 atom stereocenters. The lowest BCUT2D eigenvalue weighted by Gasteiger charge is -2.01. The summed E-state index contributed by atoms with van der Waals surface area (Å²) in [6, 6.07) is 7.06. The van der Waals surface area contributed by atoms with Crippen LogP contribution in [0.2, 0.25) is 0 Å². The molecule has 0 bridgehead atoms. The number of hydrogen-bond donors (Lipinski definition) is 0. The topological polar surface area (TPSA) is 39.2 Å². The Balaban J connectivity index is 2.34. The minimum absolute atomic E-state index is 0.0739. The van der Waals surface area contributed by atoms with Gasteiger partial charge in [0.05, 0.1) is 12.6 Å². The van der Waals surface area contributed by atoms with Crippen LogP contribution < -0.4 is 4.74 Å². The van der Waals surface area contributed by atoms with E-state index in [1.165, 1.54) is 11.3 Å². The molecule has 0 aliphatic rings. The highest BCUT2D eigenvalue weighted by atomic mass is 32.1. The molecular weight excluding hydrogens is 210 g/mol. The molecule has 0 fully saturated rings. The van der Waals surface area contributed by atoms with Gasteiger partial charge in [0.1, 0.15) is 11.4 Å². The molecule has 0 saturated heterocycles. The summed E-state index contributed by atoms with van der Waals surface area (Å²) in [6.45, 7) is 0. The lowest BCUT2D eigenvalue weighted by molar-refractivity contribution is 0.103. The average Bonchev–Trinajstić information content (AvgIpc) is 2.81. The number of thiazole rings is 1. The van der Waals surface area contributed by atoms with Crippen LogP contribution in [0.5, 0.6) is 5.75 Å². The quantitative estimate of drug-likeness (QED) is 0.744. The first kappa shape index (κ1) is 9.86. The molecule has 2 rings (SSSR count). The van der Waals surface area contributed by atoms with E-state index in [2.05, 4.69) is 4.98 Å². The molecule has 0 aliphatic heterocycles. The minimum Gasteiger partial charge on any atom is -0.497 e. The number of carbonyl (C=O) groups is 1. The highest BCUT2D eigenvalue weighted by molar-refractivity contribution is 7.07. The van der Waals surface area contributed by atoms with Crippen LogP contribution in [-0.2, 0) is 0 Å². The molecule has 0 spiro atoms. The third kappa shape index (κ3) is 2.05. The summed E-state index contributed by atoms with van der Waals surface area (Å²) in [5, 5.41) is 1.74. The van der Waals surface area contributed by atoms with E-state index in [0.717, 1.165) is 0 Å². The molecule has 3 nitrogen and oxygen atoms in total. The summed E-state index contributed by atoms with van der Waals surface area (Å²) in [5.74, 6) is 0.603. The van der Waals surface area contributed by atoms with Gasteiger partial charge in [-0.1, -0.05) is 12.1 Å². The molecule has 0 amide bonds. The second-order valence-electron chi connectivity index (χ2n) is 2.93. The van der Waals surface area contributed by atoms with Crippen LogP contribution in [0.3, 0.4) is 0 Å². The van der Waals surface area contributed by atoms with Crippen LogP contribution in [0.15, 0.2) is 35.2 Å². The number of rotatable bonds is 3. The molecule has 15 heavy (non-hydrogen) atoms. The number of benzene rings is 1. The number of nitrogens with zero attached hydrogens (tertiary/aromatic N) is 1. The summed E-state index contributed by atoms with van der Waals surface area (Å²) >= 11 is 1.41. The van der Waals surface area contributed by atoms with Crippen LogP contribution >= 0.6 is 11.3 Å². The Morgan fingerprint density at radius 3 is 3.00 bits per heavy atom. The van der Waals surface area contributed by atoms with Gasteiger partial charge in [0, 0.05) is 10.9 Å². The Morgan fingerprint density at radius 2 is 2.33 bits per heavy atom. The second-order valence-corrected chi connectivity index (χ2v) is 3.65. The summed E-state index contributed by atoms with van der Waals surface area (Å²) in [6.07, 6.45) is 0. The molecule has 0 unspecified atom stereocenters. The molecule has 1 heterocycles. The van der Waals surface area contributed by atoms with Crippen LogP contribution in [0.4, 0.5) is 0 Å². The Morgan fingerprint density at radius 1 is 1.47 bits per heavy atom. The van der Waals surface area contributed by atoms with E-state index in [4.69, 9.17) is 4.74 Å². The van der Waals surface area contributed by atoms with Crippen molar-refractivity contribution in [3.05, 3.63) is 46.4 Å². The van der Waals surface area contributed by atoms with E-state index in [9.17, 15) is 4.79 Å². The van der Waals surface area contributed by atoms with Crippen LogP contribution in [0.1, 0.15) is 16.1 Å². The second kappa shape index (κ2) is 4.23. The van der Waals surface area contributed by atoms with Gasteiger partial charge in [0.15, 0.2) is 0 Å². The van der Waals surface area contributed by atoms with E-state index < -0.39 is 0 Å². The van der Waals surface area contributed by atoms with Crippen LogP contribution in [0, 0.1) is 0 Å². The zero-order valence-electron chi connectivity index (χ0n) is 8.14. The van der Waals surface area contributed by atoms with E-state index in [1.54, 1.807) is 42.3 Å². The summed E-state index contributed by atoms with van der Waals surface area (Å²) < 4.78 is 5.05. The molecule has 2 aromatic rings. The first-order valence-electron chi connectivity index (χ1n) is 4.38. The number of methoxy groups -OCH3 is 1. The zero-order chi connectivity index (χ0) is 10.7. The largest absolute Gasteiger partial charge is 0.497 e. The van der Waals surface area contributed by atoms with Gasteiger partial charge in [-0.05, 0) is 12.1 Å². The van der Waals surface area contributed by atoms with Crippen molar-refractivity contribution in [2.45, 2.75) is 0 Å². The predicted octanol–water partition coefficient (Wildman–Crippen LogP) is 2.38. The molecule has 4 heteroatoms. The number of carbonyl (C=O) groups excluding carboxylic acids is 1. The highest BCUT2D eigenvalue weighted by Crippen LogP contribution is 2.16. The van der Waals surface area contributed by atoms with Gasteiger partial charge in [-0.3, -0.25) is 4.79 Å². The smallest absolute Gasteiger partial charge is 0.212 e. The number of aromatic nitrogens is 1. The highest BCUT2D eigenvalue weighted by Gasteiger charge is 2.11. The van der Waals surface area contributed by atoms with Gasteiger partial charge < -0.3 is 4.74 Å². The van der Waals surface area contributed by atoms with Crippen molar-refractivity contribution in [3.63, 3.8) is 0 Å². The van der Waals surface area contributed by atoms with Crippen molar-refractivity contribution in [2.75, 3.05) is 7.11 Å². The zero-order valence-corrected chi connectivity index (χ0v) is 8.95. The van der Waals surface area contributed by atoms with Gasteiger partial charge >= 0.3 is 0 Å². The molecule has 0 aliphatic carbocycles. The summed E-state index contributed by atoms with van der Waals surface area (Å²) in [4.78, 5) is 15.8. The van der Waals surface area contributed by atoms with Crippen molar-refractivity contribution < 1.29 is 9.53 Å². The van der Waals surface area contributed by atoms with Crippen molar-refractivity contribution in [1.82, 2.24) is 4.98 Å². The summed E-state index contributed by atoms with van der Waals surface area (Å²) in [5.41, 5.74) is 2.72. The Bertz CT molecular complexity index is 465. The molecular formula is C11H9NO2S. The third-order valence-corrected chi connectivity index (χ3v) is 2.58. The van der Waals surface area contributed by atoms with Gasteiger partial charge in [-0.25, -0.2) is 4.98 Å². The summed E-state index contributed by atoms with van der Waals surface area (Å²) in [7, 11) is 1.58. The van der Waals surface area contributed by atoms with E-state index >= 15 is 0 Å². The fraction of sp³-hybridized carbons (Fsp3) is 0.0909. The van der Waals surface area contributed by atoms with E-state index in [0.29, 0.717) is 17.0 Å². The van der Waals surface area contributed by atoms with Gasteiger partial charge in [-0.2, -0.15) is 0 Å². The van der Waals surface area contributed by atoms with Crippen molar-refractivity contribution in [2.24, 2.45) is 0 Å². The molecule has 1 aromatic carbocycles. The monoisotopic (exact) mass is 219 g/mol. The predicted molar refractivity (Wildman–Crippen MR) is 58.5 cm³/mol. The van der Waals surface area contributed by atoms with Gasteiger partial charge in [0.25, 0.3) is 0 Å². The maximum absolute atomic E-state index is 11.9. The van der Waals surface area contributed by atoms with E-state index in [-0.39, 0.29) is 5.78 Å². The van der Waals surface area contributed by atoms with Crippen molar-refractivity contribution in [3.8, 4) is 5.75 Å². The molecule has 0 radical (unpaired) electrons. The maximum Gasteiger partial charge on any atom is 0.212 e. The Labute approximate surface area is 91.4 Å². The van der Waals surface area contributed by atoms with Crippen LogP contribution in [0.25, 0.3) is 0 Å². The molecule has 0 N–H and O–H groups in total. The van der Waals surface area contributed by atoms with Gasteiger partial charge in [-0.15, -0.1) is 11.3 Å². The SMILES string of the molecule is COc1cccc(C(=O)c2cscn2)c1. The Hall–Kier alpha value is -1.68. The first-order valence-corrected chi connectivity index (χ1v) is 5.32. The van der Waals surface area contributed by atoms with Gasteiger partial charge in [0.2, 0.25) is 5.78 Å². The number of hydrogen-bond acceptors (Lipinski definition) is 4. The first-order chi connectivity index (χ1) is 7.31. The van der Waals surface area contributed by atoms with Crippen LogP contribution in [-0.4, -0.2) is 17.9 Å². The Kier molecular flexibility index (Phi) is 2.78. The standard InChI is InChI=1S/C11H9NO2S/c1-14-9-4-2-3-8(5-9)11(13)10-6-15-7-12-10/h2-7H,1H3.